The van der Waals surface area contributed by atoms with Gasteiger partial charge in [-0.15, -0.1) is 0 Å². The number of hydrogen-bond donors (Lipinski definition) is 3. The third-order valence-electron chi connectivity index (χ3n) is 3.47. The fraction of sp³-hybridized carbons (Fsp3) is 0.846. The van der Waals surface area contributed by atoms with Gasteiger partial charge < -0.3 is 16.2 Å². The van der Waals surface area contributed by atoms with Gasteiger partial charge in [-0.05, 0) is 11.8 Å². The van der Waals surface area contributed by atoms with Crippen molar-refractivity contribution in [1.29, 1.82) is 0 Å². The van der Waals surface area contributed by atoms with Crippen molar-refractivity contribution in [3.63, 3.8) is 0 Å². The molecule has 5 heteroatoms. The Kier molecular flexibility index (Phi) is 8.37. The van der Waals surface area contributed by atoms with Crippen LogP contribution in [0.2, 0.25) is 0 Å². The van der Waals surface area contributed by atoms with Crippen molar-refractivity contribution >= 4 is 11.9 Å². The Labute approximate surface area is 109 Å². The van der Waals surface area contributed by atoms with Crippen LogP contribution in [0.5, 0.6) is 0 Å². The topological polar surface area (TPSA) is 92.4 Å². The van der Waals surface area contributed by atoms with Gasteiger partial charge in [0.1, 0.15) is 0 Å². The molecular formula is C13H26N2O3. The molecule has 0 radical (unpaired) electrons. The summed E-state index contributed by atoms with van der Waals surface area (Å²) in [5.74, 6) is -0.682. The number of carbonyl (C=O) groups is 2. The van der Waals surface area contributed by atoms with Crippen LogP contribution >= 0.6 is 0 Å². The van der Waals surface area contributed by atoms with Gasteiger partial charge in [-0.3, -0.25) is 9.59 Å². The van der Waals surface area contributed by atoms with Crippen LogP contribution in [0.25, 0.3) is 0 Å². The summed E-state index contributed by atoms with van der Waals surface area (Å²) < 4.78 is 0. The number of rotatable bonds is 9. The number of carboxylic acid groups (broad SMARTS) is 1. The number of carboxylic acids is 1. The largest absolute Gasteiger partial charge is 0.481 e. The lowest BCUT2D eigenvalue weighted by Gasteiger charge is -2.28. The Bertz CT molecular complexity index is 269. The molecule has 0 aliphatic carbocycles. The number of nitrogens with one attached hydrogen (secondary N) is 1. The van der Waals surface area contributed by atoms with E-state index >= 15 is 0 Å². The second-order valence-electron chi connectivity index (χ2n) is 4.95. The highest BCUT2D eigenvalue weighted by atomic mass is 16.4. The lowest BCUT2D eigenvalue weighted by molar-refractivity contribution is -0.138. The lowest BCUT2D eigenvalue weighted by atomic mass is 9.84. The van der Waals surface area contributed by atoms with Crippen LogP contribution in [-0.4, -0.2) is 29.6 Å². The molecule has 1 amide bonds. The number of hydrogen-bond acceptors (Lipinski definition) is 3. The van der Waals surface area contributed by atoms with Crippen LogP contribution < -0.4 is 11.1 Å². The van der Waals surface area contributed by atoms with Crippen LogP contribution in [-0.2, 0) is 9.59 Å². The fourth-order valence-electron chi connectivity index (χ4n) is 2.01. The van der Waals surface area contributed by atoms with Crippen molar-refractivity contribution in [3.05, 3.63) is 0 Å². The van der Waals surface area contributed by atoms with Crippen molar-refractivity contribution in [2.45, 2.75) is 52.5 Å². The molecule has 0 bridgehead atoms. The first kappa shape index (κ1) is 16.9. The van der Waals surface area contributed by atoms with Crippen molar-refractivity contribution < 1.29 is 14.7 Å². The summed E-state index contributed by atoms with van der Waals surface area (Å²) in [6, 6.07) is -0.342. The van der Waals surface area contributed by atoms with E-state index in [-0.39, 0.29) is 30.8 Å². The van der Waals surface area contributed by atoms with Crippen molar-refractivity contribution in [1.82, 2.24) is 5.32 Å². The molecule has 106 valence electrons. The Morgan fingerprint density at radius 3 is 2.39 bits per heavy atom. The summed E-state index contributed by atoms with van der Waals surface area (Å²) in [6.45, 7) is 6.11. The normalized spacial score (nSPS) is 15.8. The summed E-state index contributed by atoms with van der Waals surface area (Å²) in [4.78, 5) is 22.2. The Morgan fingerprint density at radius 1 is 1.33 bits per heavy atom. The van der Waals surface area contributed by atoms with E-state index < -0.39 is 5.97 Å². The van der Waals surface area contributed by atoms with Gasteiger partial charge in [0.25, 0.3) is 0 Å². The van der Waals surface area contributed by atoms with E-state index in [2.05, 4.69) is 19.2 Å². The third-order valence-corrected chi connectivity index (χ3v) is 3.47. The molecule has 18 heavy (non-hydrogen) atoms. The highest BCUT2D eigenvalue weighted by molar-refractivity contribution is 5.79. The number of unbranched alkanes of at least 4 members (excludes halogenated alkanes) is 1. The molecule has 0 spiro atoms. The standard InChI is InChI=1S/C13H26N2O3/c1-4-5-6-9(2)10(3)11(7-13(17)18)15-12(16)8-14/h9-11H,4-8,14H2,1-3H3,(H,15,16)(H,17,18)/t9-,10-,11-/m1/s1. The van der Waals surface area contributed by atoms with Crippen molar-refractivity contribution in [2.75, 3.05) is 6.54 Å². The van der Waals surface area contributed by atoms with Crippen molar-refractivity contribution in [3.8, 4) is 0 Å². The first-order chi connectivity index (χ1) is 8.42. The highest BCUT2D eigenvalue weighted by Gasteiger charge is 2.25. The van der Waals surface area contributed by atoms with E-state index in [1.165, 1.54) is 0 Å². The maximum absolute atomic E-state index is 11.3. The molecule has 0 fully saturated rings. The Hall–Kier alpha value is -1.10. The monoisotopic (exact) mass is 258 g/mol. The Morgan fingerprint density at radius 2 is 1.94 bits per heavy atom. The third kappa shape index (κ3) is 6.59. The van der Waals surface area contributed by atoms with Gasteiger partial charge in [-0.2, -0.15) is 0 Å². The van der Waals surface area contributed by atoms with E-state index in [9.17, 15) is 9.59 Å². The van der Waals surface area contributed by atoms with Gasteiger partial charge in [0.15, 0.2) is 0 Å². The summed E-state index contributed by atoms with van der Waals surface area (Å²) in [6.07, 6.45) is 3.24. The molecule has 0 unspecified atom stereocenters. The molecule has 0 aromatic heterocycles. The molecule has 3 atom stereocenters. The van der Waals surface area contributed by atoms with Gasteiger partial charge in [-0.25, -0.2) is 0 Å². The molecule has 0 aromatic carbocycles. The summed E-state index contributed by atoms with van der Waals surface area (Å²) >= 11 is 0. The molecule has 0 saturated carbocycles. The van der Waals surface area contributed by atoms with Gasteiger partial charge in [0.2, 0.25) is 5.91 Å². The number of aliphatic carboxylic acids is 1. The first-order valence-corrected chi connectivity index (χ1v) is 6.63. The van der Waals surface area contributed by atoms with Gasteiger partial charge in [0, 0.05) is 6.04 Å². The van der Waals surface area contributed by atoms with E-state index in [4.69, 9.17) is 10.8 Å². The van der Waals surface area contributed by atoms with Crippen LogP contribution in [0, 0.1) is 11.8 Å². The molecule has 0 rings (SSSR count). The Balaban J connectivity index is 4.51. The zero-order valence-corrected chi connectivity index (χ0v) is 11.6. The maximum atomic E-state index is 11.3. The van der Waals surface area contributed by atoms with Crippen LogP contribution in [0.3, 0.4) is 0 Å². The van der Waals surface area contributed by atoms with E-state index in [0.717, 1.165) is 19.3 Å². The minimum atomic E-state index is -0.896. The number of carbonyl (C=O) groups excluding carboxylic acids is 1. The number of nitrogens with two attached hydrogens (primary N) is 1. The predicted molar refractivity (Wildman–Crippen MR) is 71.1 cm³/mol. The molecule has 0 aliphatic rings. The average Bonchev–Trinajstić information content (AvgIpc) is 2.33. The molecule has 4 N–H and O–H groups in total. The second-order valence-corrected chi connectivity index (χ2v) is 4.95. The SMILES string of the molecule is CCCC[C@@H](C)[C@@H](C)[C@@H](CC(=O)O)NC(=O)CN. The van der Waals surface area contributed by atoms with E-state index in [1.807, 2.05) is 6.92 Å². The number of amides is 1. The molecule has 0 aliphatic heterocycles. The second kappa shape index (κ2) is 8.91. The van der Waals surface area contributed by atoms with Crippen LogP contribution in [0.15, 0.2) is 0 Å². The molecule has 5 nitrogen and oxygen atoms in total. The molecular weight excluding hydrogens is 232 g/mol. The van der Waals surface area contributed by atoms with E-state index in [1.54, 1.807) is 0 Å². The fourth-order valence-corrected chi connectivity index (χ4v) is 2.01. The van der Waals surface area contributed by atoms with Gasteiger partial charge >= 0.3 is 5.97 Å². The zero-order valence-electron chi connectivity index (χ0n) is 11.6. The predicted octanol–water partition coefficient (Wildman–Crippen LogP) is 1.37. The molecule has 0 saturated heterocycles. The van der Waals surface area contributed by atoms with Crippen LogP contribution in [0.1, 0.15) is 46.5 Å². The zero-order chi connectivity index (χ0) is 14.1. The first-order valence-electron chi connectivity index (χ1n) is 6.63. The summed E-state index contributed by atoms with van der Waals surface area (Å²) in [7, 11) is 0. The van der Waals surface area contributed by atoms with Gasteiger partial charge in [-0.1, -0.05) is 40.0 Å². The quantitative estimate of drug-likeness (QED) is 0.582. The summed E-state index contributed by atoms with van der Waals surface area (Å²) in [5, 5.41) is 11.6. The minimum Gasteiger partial charge on any atom is -0.481 e. The average molecular weight is 258 g/mol. The van der Waals surface area contributed by atoms with Crippen molar-refractivity contribution in [2.24, 2.45) is 17.6 Å². The van der Waals surface area contributed by atoms with Crippen LogP contribution in [0.4, 0.5) is 0 Å². The van der Waals surface area contributed by atoms with Gasteiger partial charge in [0.05, 0.1) is 13.0 Å². The highest BCUT2D eigenvalue weighted by Crippen LogP contribution is 2.22. The smallest absolute Gasteiger partial charge is 0.305 e. The molecule has 0 aromatic rings. The minimum absolute atomic E-state index is 0.0522. The maximum Gasteiger partial charge on any atom is 0.305 e. The van der Waals surface area contributed by atoms with E-state index in [0.29, 0.717) is 5.92 Å². The molecule has 0 heterocycles. The summed E-state index contributed by atoms with van der Waals surface area (Å²) in [5.41, 5.74) is 5.25. The lowest BCUT2D eigenvalue weighted by Crippen LogP contribution is -2.45.